The molecule has 0 spiro atoms. The molecule has 0 radical (unpaired) electrons. The van der Waals surface area contributed by atoms with Crippen LogP contribution in [0.1, 0.15) is 18.1 Å². The van der Waals surface area contributed by atoms with Crippen molar-refractivity contribution < 1.29 is 0 Å². The minimum Gasteiger partial charge on any atom is -0.373 e. The number of halogens is 1. The predicted octanol–water partition coefficient (Wildman–Crippen LogP) is 4.40. The molecule has 0 amide bonds. The molecule has 0 bridgehead atoms. The first-order valence-corrected chi connectivity index (χ1v) is 7.43. The Morgan fingerprint density at radius 2 is 1.89 bits per heavy atom. The van der Waals surface area contributed by atoms with Gasteiger partial charge >= 0.3 is 0 Å². The molecule has 0 N–H and O–H groups in total. The lowest BCUT2D eigenvalue weighted by molar-refractivity contribution is 0.502. The van der Waals surface area contributed by atoms with E-state index in [-0.39, 0.29) is 5.41 Å². The minimum absolute atomic E-state index is 0.190. The van der Waals surface area contributed by atoms with Crippen LogP contribution in [0.3, 0.4) is 0 Å². The molecule has 0 fully saturated rings. The molecule has 19 heavy (non-hydrogen) atoms. The zero-order chi connectivity index (χ0) is 13.5. The molecule has 2 heteroatoms. The minimum atomic E-state index is 0.190. The van der Waals surface area contributed by atoms with E-state index in [0.29, 0.717) is 0 Å². The largest absolute Gasteiger partial charge is 0.373 e. The van der Waals surface area contributed by atoms with Crippen LogP contribution in [0.25, 0.3) is 0 Å². The van der Waals surface area contributed by atoms with Crippen molar-refractivity contribution in [3.05, 3.63) is 64.1 Å². The van der Waals surface area contributed by atoms with Crippen molar-refractivity contribution >= 4 is 21.6 Å². The Balaban J connectivity index is 2.00. The van der Waals surface area contributed by atoms with Gasteiger partial charge in [-0.05, 0) is 35.7 Å². The number of benzene rings is 2. The van der Waals surface area contributed by atoms with Crippen molar-refractivity contribution in [1.82, 2.24) is 0 Å². The van der Waals surface area contributed by atoms with Gasteiger partial charge in [-0.3, -0.25) is 0 Å². The van der Waals surface area contributed by atoms with Crippen LogP contribution >= 0.6 is 15.9 Å². The highest BCUT2D eigenvalue weighted by Crippen LogP contribution is 2.43. The van der Waals surface area contributed by atoms with Gasteiger partial charge in [0.25, 0.3) is 0 Å². The molecule has 1 atom stereocenters. The van der Waals surface area contributed by atoms with Crippen LogP contribution in [0, 0.1) is 0 Å². The van der Waals surface area contributed by atoms with Gasteiger partial charge in [-0.1, -0.05) is 53.2 Å². The van der Waals surface area contributed by atoms with Crippen LogP contribution in [-0.4, -0.2) is 13.6 Å². The van der Waals surface area contributed by atoms with Gasteiger partial charge in [0.1, 0.15) is 0 Å². The molecule has 0 aromatic heterocycles. The second-order valence-corrected chi connectivity index (χ2v) is 6.66. The van der Waals surface area contributed by atoms with Crippen molar-refractivity contribution in [2.45, 2.75) is 18.8 Å². The smallest absolute Gasteiger partial charge is 0.0403 e. The maximum absolute atomic E-state index is 3.60. The molecule has 0 saturated carbocycles. The van der Waals surface area contributed by atoms with Gasteiger partial charge in [0.15, 0.2) is 0 Å². The molecule has 1 nitrogen and oxygen atoms in total. The Bertz CT molecular complexity index is 593. The Hall–Kier alpha value is -1.28. The van der Waals surface area contributed by atoms with Crippen LogP contribution in [0.4, 0.5) is 5.69 Å². The quantitative estimate of drug-likeness (QED) is 0.794. The van der Waals surface area contributed by atoms with Gasteiger partial charge in [0.2, 0.25) is 0 Å². The van der Waals surface area contributed by atoms with E-state index >= 15 is 0 Å². The Labute approximate surface area is 123 Å². The van der Waals surface area contributed by atoms with E-state index < -0.39 is 0 Å². The topological polar surface area (TPSA) is 3.24 Å². The van der Waals surface area contributed by atoms with Crippen LogP contribution in [0.2, 0.25) is 0 Å². The van der Waals surface area contributed by atoms with Gasteiger partial charge < -0.3 is 4.90 Å². The zero-order valence-corrected chi connectivity index (χ0v) is 12.9. The molecule has 0 aliphatic carbocycles. The van der Waals surface area contributed by atoms with Gasteiger partial charge in [0, 0.05) is 29.2 Å². The number of likely N-dealkylation sites (N-methyl/N-ethyl adjacent to an activating group) is 1. The highest BCUT2D eigenvalue weighted by molar-refractivity contribution is 9.10. The van der Waals surface area contributed by atoms with E-state index in [4.69, 9.17) is 0 Å². The summed E-state index contributed by atoms with van der Waals surface area (Å²) in [5, 5.41) is 0. The summed E-state index contributed by atoms with van der Waals surface area (Å²) in [6.07, 6.45) is 1.08. The first kappa shape index (κ1) is 12.7. The van der Waals surface area contributed by atoms with Crippen molar-refractivity contribution in [1.29, 1.82) is 0 Å². The maximum atomic E-state index is 3.60. The SMILES string of the molecule is CN1CC(C)(Cc2ccccc2)c2cc(Br)ccc21. The summed E-state index contributed by atoms with van der Waals surface area (Å²) >= 11 is 3.60. The van der Waals surface area contributed by atoms with Crippen LogP contribution in [0.5, 0.6) is 0 Å². The number of fused-ring (bicyclic) bond motifs is 1. The lowest BCUT2D eigenvalue weighted by Gasteiger charge is -2.25. The van der Waals surface area contributed by atoms with Crippen molar-refractivity contribution in [3.8, 4) is 0 Å². The molecule has 1 aliphatic rings. The summed E-state index contributed by atoms with van der Waals surface area (Å²) in [4.78, 5) is 2.37. The van der Waals surface area contributed by atoms with E-state index in [9.17, 15) is 0 Å². The standard InChI is InChI=1S/C17H18BrN/c1-17(11-13-6-4-3-5-7-13)12-19(2)16-9-8-14(18)10-15(16)17/h3-10H,11-12H2,1-2H3. The predicted molar refractivity (Wildman–Crippen MR) is 84.9 cm³/mol. The van der Waals surface area contributed by atoms with Crippen molar-refractivity contribution in [2.24, 2.45) is 0 Å². The van der Waals surface area contributed by atoms with Gasteiger partial charge in [-0.15, -0.1) is 0 Å². The Morgan fingerprint density at radius 3 is 2.63 bits per heavy atom. The summed E-state index contributed by atoms with van der Waals surface area (Å²) in [5.41, 5.74) is 4.41. The molecule has 1 aliphatic heterocycles. The third-order valence-corrected chi connectivity index (χ3v) is 4.54. The second kappa shape index (κ2) is 4.68. The Kier molecular flexibility index (Phi) is 3.14. The summed E-state index contributed by atoms with van der Waals surface area (Å²) < 4.78 is 1.17. The molecule has 2 aromatic carbocycles. The molecular formula is C17H18BrN. The number of hydrogen-bond acceptors (Lipinski definition) is 1. The third-order valence-electron chi connectivity index (χ3n) is 4.04. The first-order valence-electron chi connectivity index (χ1n) is 6.64. The molecule has 2 aromatic rings. The monoisotopic (exact) mass is 315 g/mol. The fourth-order valence-corrected chi connectivity index (χ4v) is 3.58. The molecule has 1 unspecified atom stereocenters. The average molecular weight is 316 g/mol. The van der Waals surface area contributed by atoms with Crippen LogP contribution in [0.15, 0.2) is 53.0 Å². The maximum Gasteiger partial charge on any atom is 0.0403 e. The number of rotatable bonds is 2. The van der Waals surface area contributed by atoms with Crippen molar-refractivity contribution in [2.75, 3.05) is 18.5 Å². The lowest BCUT2D eigenvalue weighted by atomic mass is 9.79. The van der Waals surface area contributed by atoms with E-state index in [1.165, 1.54) is 21.3 Å². The van der Waals surface area contributed by atoms with E-state index in [2.05, 4.69) is 83.3 Å². The zero-order valence-electron chi connectivity index (χ0n) is 11.4. The molecule has 1 heterocycles. The van der Waals surface area contributed by atoms with Crippen LogP contribution < -0.4 is 4.90 Å². The summed E-state index contributed by atoms with van der Waals surface area (Å²) in [6.45, 7) is 3.45. The van der Waals surface area contributed by atoms with Gasteiger partial charge in [-0.25, -0.2) is 0 Å². The molecular weight excluding hydrogens is 298 g/mol. The highest BCUT2D eigenvalue weighted by Gasteiger charge is 2.37. The van der Waals surface area contributed by atoms with Crippen molar-refractivity contribution in [3.63, 3.8) is 0 Å². The van der Waals surface area contributed by atoms with E-state index in [1.807, 2.05) is 0 Å². The first-order chi connectivity index (χ1) is 9.08. The summed E-state index contributed by atoms with van der Waals surface area (Å²) in [7, 11) is 2.18. The summed E-state index contributed by atoms with van der Waals surface area (Å²) in [5.74, 6) is 0. The molecule has 3 rings (SSSR count). The van der Waals surface area contributed by atoms with E-state index in [1.54, 1.807) is 0 Å². The average Bonchev–Trinajstić information content (AvgIpc) is 2.62. The number of hydrogen-bond donors (Lipinski definition) is 0. The lowest BCUT2D eigenvalue weighted by Crippen LogP contribution is -2.30. The summed E-state index contributed by atoms with van der Waals surface area (Å²) in [6, 6.07) is 17.4. The molecule has 0 saturated heterocycles. The van der Waals surface area contributed by atoms with Crippen LogP contribution in [-0.2, 0) is 11.8 Å². The van der Waals surface area contributed by atoms with Gasteiger partial charge in [0.05, 0.1) is 0 Å². The third kappa shape index (κ3) is 2.30. The number of anilines is 1. The highest BCUT2D eigenvalue weighted by atomic mass is 79.9. The molecule has 98 valence electrons. The fraction of sp³-hybridized carbons (Fsp3) is 0.294. The Morgan fingerprint density at radius 1 is 1.16 bits per heavy atom. The normalized spacial score (nSPS) is 21.5. The second-order valence-electron chi connectivity index (χ2n) is 5.74. The number of nitrogens with zero attached hydrogens (tertiary/aromatic N) is 1. The van der Waals surface area contributed by atoms with E-state index in [0.717, 1.165) is 13.0 Å². The fourth-order valence-electron chi connectivity index (χ4n) is 3.22. The van der Waals surface area contributed by atoms with Gasteiger partial charge in [-0.2, -0.15) is 0 Å².